The summed E-state index contributed by atoms with van der Waals surface area (Å²) in [6, 6.07) is 0. The first-order valence-corrected chi connectivity index (χ1v) is 23.5. The number of carbonyl (C=O) groups is 1. The Morgan fingerprint density at radius 3 is 2.30 bits per heavy atom. The molecule has 0 aromatic heterocycles. The quantitative estimate of drug-likeness (QED) is 0.220. The summed E-state index contributed by atoms with van der Waals surface area (Å²) in [5.74, 6) is 3.99. The largest absolute Gasteiger partial charge is 0.342 e. The van der Waals surface area contributed by atoms with E-state index in [1.807, 2.05) is 0 Å². The van der Waals surface area contributed by atoms with Crippen LogP contribution < -0.4 is 0 Å². The molecule has 1 amide bonds. The minimum atomic E-state index is -2.89. The molecule has 0 spiro atoms. The van der Waals surface area contributed by atoms with E-state index < -0.39 is 9.84 Å². The molecular formula is C46H73FN2O3S. The normalized spacial score (nSPS) is 43.3. The van der Waals surface area contributed by atoms with Crippen molar-refractivity contribution in [2.24, 2.45) is 62.6 Å². The molecule has 298 valence electrons. The third-order valence-corrected chi connectivity index (χ3v) is 19.8. The first-order valence-electron chi connectivity index (χ1n) is 21.7. The highest BCUT2D eigenvalue weighted by Gasteiger charge is 2.70. The van der Waals surface area contributed by atoms with Crippen LogP contribution in [-0.4, -0.2) is 75.0 Å². The van der Waals surface area contributed by atoms with E-state index in [2.05, 4.69) is 70.1 Å². The van der Waals surface area contributed by atoms with Crippen LogP contribution in [-0.2, 0) is 14.6 Å². The van der Waals surface area contributed by atoms with Gasteiger partial charge in [-0.2, -0.15) is 0 Å². The van der Waals surface area contributed by atoms with Gasteiger partial charge in [-0.15, -0.1) is 0 Å². The Morgan fingerprint density at radius 2 is 1.66 bits per heavy atom. The molecule has 7 rings (SSSR count). The maximum atomic E-state index is 13.5. The lowest BCUT2D eigenvalue weighted by Crippen LogP contribution is -2.66. The van der Waals surface area contributed by atoms with Gasteiger partial charge in [-0.1, -0.05) is 58.9 Å². The minimum Gasteiger partial charge on any atom is -0.342 e. The molecule has 5 fully saturated rings. The number of amides is 1. The maximum absolute atomic E-state index is 13.5. The van der Waals surface area contributed by atoms with Crippen molar-refractivity contribution in [2.45, 2.75) is 132 Å². The minimum absolute atomic E-state index is 0.126. The van der Waals surface area contributed by atoms with Crippen molar-refractivity contribution in [2.75, 3.05) is 50.9 Å². The van der Waals surface area contributed by atoms with Crippen molar-refractivity contribution in [1.82, 2.24) is 9.80 Å². The van der Waals surface area contributed by atoms with Gasteiger partial charge in [-0.25, -0.2) is 8.42 Å². The fraction of sp³-hybridized carbons (Fsp3) is 0.848. The number of nitrogens with zero attached hydrogens (tertiary/aromatic N) is 2. The zero-order valence-electron chi connectivity index (χ0n) is 34.6. The molecular weight excluding hydrogens is 680 g/mol. The van der Waals surface area contributed by atoms with Crippen molar-refractivity contribution in [3.63, 3.8) is 0 Å². The molecule has 5 nitrogen and oxygen atoms in total. The van der Waals surface area contributed by atoms with E-state index in [4.69, 9.17) is 0 Å². The summed E-state index contributed by atoms with van der Waals surface area (Å²) >= 11 is 0. The van der Waals surface area contributed by atoms with E-state index in [1.54, 1.807) is 12.5 Å². The standard InChI is InChI=1S/C46H73FN2O3S/c1-32(2)36-16-21-46(31-49(33(3)50)25-9-24-48-26-28-53(51,52)29-27-48)23-22-44(7)38(41(36)46)14-15-40-43(6)19-17-37(35-12-10-34(30-47)11-13-35)42(4,5)39(43)18-20-45(40,44)8/h12,17,34,36,38-41H,1,9-11,13-16,18-31H2,2-8H3/t34-,36-,38+,39-,40+,41+,43-,44+,45+,46+/m0/s1. The number of halogens is 1. The van der Waals surface area contributed by atoms with Crippen LogP contribution in [0.25, 0.3) is 0 Å². The van der Waals surface area contributed by atoms with Crippen molar-refractivity contribution in [3.8, 4) is 0 Å². The highest BCUT2D eigenvalue weighted by Crippen LogP contribution is 2.77. The molecule has 7 heteroatoms. The third kappa shape index (κ3) is 6.58. The molecule has 1 heterocycles. The molecule has 53 heavy (non-hydrogen) atoms. The van der Waals surface area contributed by atoms with Crippen molar-refractivity contribution in [3.05, 3.63) is 35.5 Å². The van der Waals surface area contributed by atoms with E-state index in [-0.39, 0.29) is 57.1 Å². The third-order valence-electron chi connectivity index (χ3n) is 18.2. The Hall–Kier alpha value is -1.47. The van der Waals surface area contributed by atoms with E-state index in [0.717, 1.165) is 45.3 Å². The summed E-state index contributed by atoms with van der Waals surface area (Å²) in [6.45, 7) is 25.4. The predicted octanol–water partition coefficient (Wildman–Crippen LogP) is 9.85. The average Bonchev–Trinajstić information content (AvgIpc) is 3.48. The smallest absolute Gasteiger partial charge is 0.219 e. The summed E-state index contributed by atoms with van der Waals surface area (Å²) in [5, 5.41) is 0. The molecule has 0 bridgehead atoms. The molecule has 1 aliphatic heterocycles. The van der Waals surface area contributed by atoms with Gasteiger partial charge in [0.25, 0.3) is 0 Å². The topological polar surface area (TPSA) is 57.7 Å². The van der Waals surface area contributed by atoms with Gasteiger partial charge in [0.2, 0.25) is 5.91 Å². The molecule has 1 saturated heterocycles. The Morgan fingerprint density at radius 1 is 0.925 bits per heavy atom. The van der Waals surface area contributed by atoms with Crippen LogP contribution in [0.15, 0.2) is 35.5 Å². The number of fused-ring (bicyclic) bond motifs is 7. The lowest BCUT2D eigenvalue weighted by atomic mass is 9.32. The number of rotatable bonds is 9. The van der Waals surface area contributed by atoms with Gasteiger partial charge in [0.15, 0.2) is 9.84 Å². The fourth-order valence-corrected chi connectivity index (χ4v) is 16.5. The first kappa shape index (κ1) is 39.8. The fourth-order valence-electron chi connectivity index (χ4n) is 15.2. The van der Waals surface area contributed by atoms with E-state index in [9.17, 15) is 17.6 Å². The van der Waals surface area contributed by atoms with Crippen LogP contribution in [0.3, 0.4) is 0 Å². The Labute approximate surface area is 323 Å². The summed E-state index contributed by atoms with van der Waals surface area (Å²) < 4.78 is 37.5. The lowest BCUT2D eigenvalue weighted by molar-refractivity contribution is -0.228. The average molecular weight is 753 g/mol. The van der Waals surface area contributed by atoms with E-state index >= 15 is 0 Å². The lowest BCUT2D eigenvalue weighted by Gasteiger charge is -2.72. The van der Waals surface area contributed by atoms with Gasteiger partial charge in [0.05, 0.1) is 18.2 Å². The van der Waals surface area contributed by atoms with Crippen molar-refractivity contribution < 1.29 is 17.6 Å². The first-order chi connectivity index (χ1) is 24.9. The Kier molecular flexibility index (Phi) is 10.6. The predicted molar refractivity (Wildman–Crippen MR) is 216 cm³/mol. The summed E-state index contributed by atoms with van der Waals surface area (Å²) in [4.78, 5) is 17.8. The monoisotopic (exact) mass is 753 g/mol. The number of hydrogen-bond acceptors (Lipinski definition) is 4. The summed E-state index contributed by atoms with van der Waals surface area (Å²) in [6.07, 6.45) is 20.1. The van der Waals surface area contributed by atoms with Crippen LogP contribution in [0.4, 0.5) is 4.39 Å². The van der Waals surface area contributed by atoms with Crippen LogP contribution >= 0.6 is 0 Å². The molecule has 7 aliphatic rings. The van der Waals surface area contributed by atoms with Crippen LogP contribution in [0.5, 0.6) is 0 Å². The molecule has 6 aliphatic carbocycles. The molecule has 10 atom stereocenters. The number of hydrogen-bond donors (Lipinski definition) is 0. The number of alkyl halides is 1. The SMILES string of the molecule is C=C(C)[C@@H]1CC[C@]2(CN(CCCN3CCS(=O)(=O)CC3)C(C)=O)CC[C@]3(C)[C@H](CC[C@@H]4[C@@]5(C)CC=C(C6=CC[C@H](CF)CC6)C(C)(C)[C@@H]5CC[C@]43C)[C@@H]12. The molecule has 4 saturated carbocycles. The maximum Gasteiger partial charge on any atom is 0.219 e. The highest BCUT2D eigenvalue weighted by molar-refractivity contribution is 7.91. The van der Waals surface area contributed by atoms with Crippen molar-refractivity contribution >= 4 is 15.7 Å². The highest BCUT2D eigenvalue weighted by atomic mass is 32.2. The molecule has 0 aromatic rings. The molecule has 0 radical (unpaired) electrons. The van der Waals surface area contributed by atoms with Gasteiger partial charge < -0.3 is 9.80 Å². The second-order valence-corrected chi connectivity index (χ2v) is 23.2. The van der Waals surface area contributed by atoms with E-state index in [0.29, 0.717) is 42.7 Å². The number of allylic oxidation sites excluding steroid dienone is 5. The number of sulfone groups is 1. The van der Waals surface area contributed by atoms with E-state index in [1.165, 1.54) is 68.9 Å². The number of carbonyl (C=O) groups excluding carboxylic acids is 1. The zero-order valence-corrected chi connectivity index (χ0v) is 35.4. The Bertz CT molecular complexity index is 1600. The van der Waals surface area contributed by atoms with Gasteiger partial charge in [0.1, 0.15) is 0 Å². The summed E-state index contributed by atoms with van der Waals surface area (Å²) in [7, 11) is -2.89. The molecule has 0 unspecified atom stereocenters. The van der Waals surface area contributed by atoms with Gasteiger partial charge >= 0.3 is 0 Å². The Balaban J connectivity index is 1.12. The molecule has 0 aromatic carbocycles. The van der Waals surface area contributed by atoms with Crippen LogP contribution in [0.2, 0.25) is 0 Å². The second kappa shape index (κ2) is 14.2. The van der Waals surface area contributed by atoms with Gasteiger partial charge in [-0.3, -0.25) is 9.18 Å². The van der Waals surface area contributed by atoms with Crippen LogP contribution in [0, 0.1) is 62.6 Å². The molecule has 0 N–H and O–H groups in total. The summed E-state index contributed by atoms with van der Waals surface area (Å²) in [5.41, 5.74) is 5.51. The van der Waals surface area contributed by atoms with Crippen LogP contribution in [0.1, 0.15) is 132 Å². The second-order valence-electron chi connectivity index (χ2n) is 20.9. The zero-order chi connectivity index (χ0) is 38.2. The van der Waals surface area contributed by atoms with Crippen molar-refractivity contribution in [1.29, 1.82) is 0 Å². The van der Waals surface area contributed by atoms with Gasteiger partial charge in [0, 0.05) is 33.1 Å². The van der Waals surface area contributed by atoms with Gasteiger partial charge in [-0.05, 0) is 171 Å².